The Morgan fingerprint density at radius 1 is 1.35 bits per heavy atom. The number of carbonyl (C=O) groups is 1. The van der Waals surface area contributed by atoms with Crippen LogP contribution in [-0.2, 0) is 6.42 Å². The molecule has 26 heavy (non-hydrogen) atoms. The molecular weight excluding hydrogens is 360 g/mol. The average Bonchev–Trinajstić information content (AvgIpc) is 3.04. The molecule has 0 aliphatic carbocycles. The minimum Gasteiger partial charge on any atom is -0.349 e. The molecule has 0 saturated heterocycles. The summed E-state index contributed by atoms with van der Waals surface area (Å²) in [5, 5.41) is 24.4. The molecule has 2 atom stereocenters. The lowest BCUT2D eigenvalue weighted by atomic mass is 10.0. The fraction of sp³-hybridized carbons (Fsp3) is 0.176. The van der Waals surface area contributed by atoms with Crippen LogP contribution < -0.4 is 5.32 Å². The second kappa shape index (κ2) is 7.51. The standard InChI is InChI=1S/C17H15ClN4O4/c18-15-8-11-7-12(20-14(11)9-19-15)16(23)21-13(17(24)22(25)26)6-10-4-2-1-3-5-10/h1-5,7-9,13,17,20,24H,6H2,(H,21,23)/t13-,17-/m0/s1. The van der Waals surface area contributed by atoms with Crippen LogP contribution in [0.15, 0.2) is 48.7 Å². The van der Waals surface area contributed by atoms with Gasteiger partial charge in [-0.2, -0.15) is 0 Å². The van der Waals surface area contributed by atoms with Crippen LogP contribution >= 0.6 is 11.6 Å². The number of H-pyrrole nitrogens is 1. The SMILES string of the molecule is O=C(N[C@@H](Cc1ccccc1)[C@H](O)[N+](=O)[O-])c1cc2cc(Cl)ncc2[nH]1. The van der Waals surface area contributed by atoms with E-state index in [1.165, 1.54) is 6.20 Å². The number of aromatic amines is 1. The van der Waals surface area contributed by atoms with Crippen LogP contribution in [0.25, 0.3) is 10.9 Å². The van der Waals surface area contributed by atoms with Gasteiger partial charge < -0.3 is 15.4 Å². The maximum Gasteiger partial charge on any atom is 0.333 e. The van der Waals surface area contributed by atoms with E-state index in [-0.39, 0.29) is 17.3 Å². The van der Waals surface area contributed by atoms with Gasteiger partial charge in [0.25, 0.3) is 5.91 Å². The first-order chi connectivity index (χ1) is 12.4. The molecule has 1 amide bonds. The van der Waals surface area contributed by atoms with Crippen molar-refractivity contribution in [2.45, 2.75) is 18.7 Å². The molecular formula is C17H15ClN4O4. The summed E-state index contributed by atoms with van der Waals surface area (Å²) in [7, 11) is 0. The monoisotopic (exact) mass is 374 g/mol. The molecule has 9 heteroatoms. The highest BCUT2D eigenvalue weighted by Crippen LogP contribution is 2.18. The van der Waals surface area contributed by atoms with Gasteiger partial charge in [-0.3, -0.25) is 14.9 Å². The number of nitro groups is 1. The molecule has 134 valence electrons. The molecule has 0 radical (unpaired) electrons. The van der Waals surface area contributed by atoms with Crippen molar-refractivity contribution in [3.05, 3.63) is 75.2 Å². The first kappa shape index (κ1) is 17.8. The fourth-order valence-corrected chi connectivity index (χ4v) is 2.79. The Morgan fingerprint density at radius 2 is 2.08 bits per heavy atom. The fourth-order valence-electron chi connectivity index (χ4n) is 2.62. The number of pyridine rings is 1. The zero-order valence-corrected chi connectivity index (χ0v) is 14.2. The molecule has 2 aromatic heterocycles. The third-order valence-corrected chi connectivity index (χ3v) is 4.11. The summed E-state index contributed by atoms with van der Waals surface area (Å²) in [6.07, 6.45) is -0.330. The molecule has 8 nitrogen and oxygen atoms in total. The molecule has 1 aromatic carbocycles. The van der Waals surface area contributed by atoms with E-state index < -0.39 is 23.1 Å². The maximum absolute atomic E-state index is 12.5. The number of amides is 1. The molecule has 3 aromatic rings. The number of halogens is 1. The van der Waals surface area contributed by atoms with Crippen LogP contribution in [0.3, 0.4) is 0 Å². The number of aliphatic hydroxyl groups excluding tert-OH is 1. The van der Waals surface area contributed by atoms with E-state index in [0.717, 1.165) is 5.56 Å². The second-order valence-electron chi connectivity index (χ2n) is 5.75. The highest BCUT2D eigenvalue weighted by Gasteiger charge is 2.31. The van der Waals surface area contributed by atoms with Crippen LogP contribution in [0.2, 0.25) is 5.15 Å². The zero-order valence-electron chi connectivity index (χ0n) is 13.4. The normalized spacial score (nSPS) is 13.3. The average molecular weight is 375 g/mol. The van der Waals surface area contributed by atoms with Crippen LogP contribution in [0.4, 0.5) is 0 Å². The van der Waals surface area contributed by atoms with Gasteiger partial charge in [0.2, 0.25) is 0 Å². The number of rotatable bonds is 6. The molecule has 3 rings (SSSR count). The zero-order chi connectivity index (χ0) is 18.7. The molecule has 0 spiro atoms. The van der Waals surface area contributed by atoms with Gasteiger partial charge >= 0.3 is 6.23 Å². The smallest absolute Gasteiger partial charge is 0.333 e. The quantitative estimate of drug-likeness (QED) is 0.264. The van der Waals surface area contributed by atoms with E-state index in [1.807, 2.05) is 6.07 Å². The Morgan fingerprint density at radius 3 is 2.77 bits per heavy atom. The van der Waals surface area contributed by atoms with Gasteiger partial charge in [-0.15, -0.1) is 0 Å². The third-order valence-electron chi connectivity index (χ3n) is 3.91. The predicted octanol–water partition coefficient (Wildman–Crippen LogP) is 2.15. The summed E-state index contributed by atoms with van der Waals surface area (Å²) < 4.78 is 0. The van der Waals surface area contributed by atoms with E-state index in [2.05, 4.69) is 15.3 Å². The number of aromatic nitrogens is 2. The number of nitrogens with zero attached hydrogens (tertiary/aromatic N) is 2. The number of aliphatic hydroxyl groups is 1. The summed E-state index contributed by atoms with van der Waals surface area (Å²) in [5.41, 5.74) is 1.55. The molecule has 3 N–H and O–H groups in total. The minimum atomic E-state index is -1.93. The summed E-state index contributed by atoms with van der Waals surface area (Å²) in [6, 6.07) is 11.0. The Labute approximate surface area is 153 Å². The van der Waals surface area contributed by atoms with E-state index in [1.54, 1.807) is 36.4 Å². The van der Waals surface area contributed by atoms with Gasteiger partial charge in [-0.25, -0.2) is 4.98 Å². The minimum absolute atomic E-state index is 0.113. The Bertz CT molecular complexity index is 944. The molecule has 2 heterocycles. The summed E-state index contributed by atoms with van der Waals surface area (Å²) >= 11 is 5.82. The van der Waals surface area contributed by atoms with E-state index in [0.29, 0.717) is 10.9 Å². The van der Waals surface area contributed by atoms with Crippen LogP contribution in [-0.4, -0.2) is 38.2 Å². The number of carbonyl (C=O) groups excluding carboxylic acids is 1. The van der Waals surface area contributed by atoms with Gasteiger partial charge in [0, 0.05) is 11.8 Å². The van der Waals surface area contributed by atoms with E-state index in [9.17, 15) is 20.0 Å². The predicted molar refractivity (Wildman–Crippen MR) is 95.5 cm³/mol. The van der Waals surface area contributed by atoms with Crippen LogP contribution in [0.5, 0.6) is 0 Å². The number of benzene rings is 1. The summed E-state index contributed by atoms with van der Waals surface area (Å²) in [6.45, 7) is 0. The van der Waals surface area contributed by atoms with E-state index >= 15 is 0 Å². The van der Waals surface area contributed by atoms with Crippen molar-refractivity contribution >= 4 is 28.4 Å². The molecule has 0 aliphatic heterocycles. The second-order valence-corrected chi connectivity index (χ2v) is 6.13. The largest absolute Gasteiger partial charge is 0.349 e. The van der Waals surface area contributed by atoms with Crippen molar-refractivity contribution in [2.75, 3.05) is 0 Å². The van der Waals surface area contributed by atoms with Crippen molar-refractivity contribution in [3.8, 4) is 0 Å². The van der Waals surface area contributed by atoms with Crippen molar-refractivity contribution in [2.24, 2.45) is 0 Å². The van der Waals surface area contributed by atoms with Crippen molar-refractivity contribution in [3.63, 3.8) is 0 Å². The van der Waals surface area contributed by atoms with Crippen molar-refractivity contribution in [1.82, 2.24) is 15.3 Å². The number of hydrogen-bond donors (Lipinski definition) is 3. The van der Waals surface area contributed by atoms with Crippen molar-refractivity contribution in [1.29, 1.82) is 0 Å². The van der Waals surface area contributed by atoms with Gasteiger partial charge in [-0.1, -0.05) is 41.9 Å². The lowest BCUT2D eigenvalue weighted by Gasteiger charge is -2.18. The molecule has 0 saturated carbocycles. The first-order valence-corrected chi connectivity index (χ1v) is 8.12. The highest BCUT2D eigenvalue weighted by molar-refractivity contribution is 6.30. The number of fused-ring (bicyclic) bond motifs is 1. The van der Waals surface area contributed by atoms with Gasteiger partial charge in [0.15, 0.2) is 0 Å². The Hall–Kier alpha value is -2.97. The van der Waals surface area contributed by atoms with Crippen molar-refractivity contribution < 1.29 is 14.8 Å². The topological polar surface area (TPSA) is 121 Å². The summed E-state index contributed by atoms with van der Waals surface area (Å²) in [4.78, 5) is 29.5. The Balaban J connectivity index is 1.82. The van der Waals surface area contributed by atoms with Crippen LogP contribution in [0.1, 0.15) is 16.1 Å². The first-order valence-electron chi connectivity index (χ1n) is 7.74. The van der Waals surface area contributed by atoms with Gasteiger partial charge in [0.05, 0.1) is 16.6 Å². The maximum atomic E-state index is 12.5. The molecule has 0 bridgehead atoms. The third kappa shape index (κ3) is 3.98. The molecule has 0 unspecified atom stereocenters. The number of hydrogen-bond acceptors (Lipinski definition) is 5. The van der Waals surface area contributed by atoms with E-state index in [4.69, 9.17) is 11.6 Å². The molecule has 0 aliphatic rings. The number of nitrogens with one attached hydrogen (secondary N) is 2. The lowest BCUT2D eigenvalue weighted by molar-refractivity contribution is -0.574. The van der Waals surface area contributed by atoms with Crippen LogP contribution in [0, 0.1) is 10.1 Å². The Kier molecular flexibility index (Phi) is 5.15. The van der Waals surface area contributed by atoms with Gasteiger partial charge in [0.1, 0.15) is 16.9 Å². The van der Waals surface area contributed by atoms with Gasteiger partial charge in [-0.05, 0) is 17.7 Å². The highest BCUT2D eigenvalue weighted by atomic mass is 35.5. The summed E-state index contributed by atoms with van der Waals surface area (Å²) in [5.74, 6) is -0.570. The molecule has 0 fully saturated rings. The lowest BCUT2D eigenvalue weighted by Crippen LogP contribution is -2.48.